The van der Waals surface area contributed by atoms with Crippen molar-refractivity contribution in [2.75, 3.05) is 13.2 Å². The van der Waals surface area contributed by atoms with Gasteiger partial charge in [0.25, 0.3) is 0 Å². The van der Waals surface area contributed by atoms with Gasteiger partial charge in [0.05, 0.1) is 25.4 Å². The van der Waals surface area contributed by atoms with E-state index in [1.54, 1.807) is 0 Å². The van der Waals surface area contributed by atoms with Gasteiger partial charge in [-0.25, -0.2) is 0 Å². The van der Waals surface area contributed by atoms with Crippen molar-refractivity contribution in [1.82, 2.24) is 5.32 Å². The van der Waals surface area contributed by atoms with Crippen LogP contribution in [0.3, 0.4) is 0 Å². The van der Waals surface area contributed by atoms with Gasteiger partial charge in [0, 0.05) is 12.8 Å². The average molecular weight is 943 g/mol. The lowest BCUT2D eigenvalue weighted by atomic mass is 10.0. The average Bonchev–Trinajstić information content (AvgIpc) is 3.33. The second kappa shape index (κ2) is 56.7. The number of ether oxygens (including phenoxy) is 1. The fraction of sp³-hybridized carbons (Fsp3) is 0.869. The van der Waals surface area contributed by atoms with Crippen molar-refractivity contribution >= 4 is 11.9 Å². The van der Waals surface area contributed by atoms with Crippen LogP contribution in [-0.2, 0) is 14.3 Å². The number of allylic oxidation sites excluding steroid dienone is 6. The third kappa shape index (κ3) is 53.3. The van der Waals surface area contributed by atoms with Gasteiger partial charge in [-0.1, -0.05) is 256 Å². The predicted molar refractivity (Wildman–Crippen MR) is 292 cm³/mol. The number of carbonyl (C=O) groups is 2. The first-order chi connectivity index (χ1) is 33.0. The number of hydrogen-bond donors (Lipinski definition) is 3. The summed E-state index contributed by atoms with van der Waals surface area (Å²) in [4.78, 5) is 24.5. The number of hydrogen-bond acceptors (Lipinski definition) is 5. The van der Waals surface area contributed by atoms with E-state index < -0.39 is 12.1 Å². The highest BCUT2D eigenvalue weighted by molar-refractivity contribution is 5.76. The molecule has 0 saturated heterocycles. The Morgan fingerprint density at radius 1 is 0.418 bits per heavy atom. The lowest BCUT2D eigenvalue weighted by Gasteiger charge is -2.22. The quantitative estimate of drug-likeness (QED) is 0.0321. The molecule has 0 spiro atoms. The van der Waals surface area contributed by atoms with Gasteiger partial charge in [0.2, 0.25) is 5.91 Å². The highest BCUT2D eigenvalue weighted by Crippen LogP contribution is 2.17. The Morgan fingerprint density at radius 3 is 1.18 bits per heavy atom. The minimum atomic E-state index is -0.669. The van der Waals surface area contributed by atoms with Gasteiger partial charge in [-0.15, -0.1) is 0 Å². The van der Waals surface area contributed by atoms with Crippen LogP contribution in [0.15, 0.2) is 36.5 Å². The molecule has 0 aromatic rings. The number of unbranched alkanes of at least 4 members (excludes halogenated alkanes) is 38. The maximum absolute atomic E-state index is 12.4. The smallest absolute Gasteiger partial charge is 0.305 e. The van der Waals surface area contributed by atoms with E-state index in [1.807, 2.05) is 0 Å². The molecule has 0 heterocycles. The van der Waals surface area contributed by atoms with Crippen LogP contribution < -0.4 is 5.32 Å². The second-order valence-electron chi connectivity index (χ2n) is 20.3. The molecule has 0 radical (unpaired) electrons. The molecular weight excluding hydrogens is 827 g/mol. The number of amides is 1. The van der Waals surface area contributed by atoms with Crippen molar-refractivity contribution in [3.63, 3.8) is 0 Å². The van der Waals surface area contributed by atoms with E-state index >= 15 is 0 Å². The van der Waals surface area contributed by atoms with Gasteiger partial charge in [0.15, 0.2) is 0 Å². The summed E-state index contributed by atoms with van der Waals surface area (Å²) in [5, 5.41) is 23.2. The molecule has 1 amide bonds. The zero-order valence-corrected chi connectivity index (χ0v) is 44.9. The van der Waals surface area contributed by atoms with Crippen molar-refractivity contribution in [2.24, 2.45) is 0 Å². The molecular formula is C61H115NO5. The summed E-state index contributed by atoms with van der Waals surface area (Å²) in [6.07, 6.45) is 70.0. The van der Waals surface area contributed by atoms with Gasteiger partial charge in [-0.05, 0) is 83.5 Å². The van der Waals surface area contributed by atoms with Gasteiger partial charge in [-0.2, -0.15) is 0 Å². The molecule has 0 fully saturated rings. The molecule has 67 heavy (non-hydrogen) atoms. The molecule has 6 heteroatoms. The number of esters is 1. The Bertz CT molecular complexity index is 1090. The fourth-order valence-corrected chi connectivity index (χ4v) is 9.08. The molecule has 394 valence electrons. The maximum Gasteiger partial charge on any atom is 0.305 e. The zero-order chi connectivity index (χ0) is 48.6. The third-order valence-corrected chi connectivity index (χ3v) is 13.7. The number of nitrogens with one attached hydrogen (secondary N) is 1. The number of rotatable bonds is 55. The molecule has 6 nitrogen and oxygen atoms in total. The van der Waals surface area contributed by atoms with E-state index in [9.17, 15) is 19.8 Å². The Morgan fingerprint density at radius 2 is 0.746 bits per heavy atom. The molecule has 0 saturated carbocycles. The van der Waals surface area contributed by atoms with E-state index in [0.29, 0.717) is 25.9 Å². The van der Waals surface area contributed by atoms with Crippen molar-refractivity contribution < 1.29 is 24.5 Å². The SMILES string of the molecule is CCCCC/C=C\C/C=C\CCCCCCCCCCCC(=O)OCCCCCCCCCCC/C=C\CCCCCCCCCC(=O)NC(CO)C(O)CCCCCCCCCCCCC. The molecule has 2 unspecified atom stereocenters. The minimum absolute atomic E-state index is 0.00231. The second-order valence-corrected chi connectivity index (χ2v) is 20.3. The number of aliphatic hydroxyl groups is 2. The summed E-state index contributed by atoms with van der Waals surface area (Å²) in [5.41, 5.74) is 0. The molecule has 0 aliphatic heterocycles. The summed E-state index contributed by atoms with van der Waals surface area (Å²) in [5.74, 6) is -0.0423. The van der Waals surface area contributed by atoms with Crippen LogP contribution in [0.25, 0.3) is 0 Å². The number of carbonyl (C=O) groups excluding carboxylic acids is 2. The topological polar surface area (TPSA) is 95.9 Å². The highest BCUT2D eigenvalue weighted by Gasteiger charge is 2.20. The Kier molecular flexibility index (Phi) is 55.0. The van der Waals surface area contributed by atoms with Crippen LogP contribution in [0.1, 0.15) is 316 Å². The van der Waals surface area contributed by atoms with Crippen LogP contribution in [0.4, 0.5) is 0 Å². The Hall–Kier alpha value is -1.92. The Labute approximate surface area is 417 Å². The molecule has 0 aliphatic rings. The monoisotopic (exact) mass is 942 g/mol. The van der Waals surface area contributed by atoms with Crippen molar-refractivity contribution in [3.8, 4) is 0 Å². The van der Waals surface area contributed by atoms with Gasteiger partial charge >= 0.3 is 5.97 Å². The van der Waals surface area contributed by atoms with Crippen LogP contribution in [0.2, 0.25) is 0 Å². The van der Waals surface area contributed by atoms with Crippen molar-refractivity contribution in [1.29, 1.82) is 0 Å². The lowest BCUT2D eigenvalue weighted by Crippen LogP contribution is -2.45. The first kappa shape index (κ1) is 65.1. The molecule has 0 aromatic heterocycles. The Balaban J connectivity index is 3.40. The standard InChI is InChI=1S/C61H115NO5/c1-3-5-7-9-11-13-15-16-17-18-21-25-28-31-35-39-43-47-51-55-61(66)67-56-52-48-44-40-36-32-29-26-23-20-19-22-24-27-30-34-38-42-46-50-54-60(65)62-58(57-63)59(64)53-49-45-41-37-33-14-12-10-8-6-4-2/h11,13,16-17,19,22,58-59,63-64H,3-10,12,14-15,18,20-21,23-57H2,1-2H3,(H,62,65)/b13-11-,17-16-,22-19-. The summed E-state index contributed by atoms with van der Waals surface area (Å²) >= 11 is 0. The van der Waals surface area contributed by atoms with Crippen LogP contribution in [0.5, 0.6) is 0 Å². The summed E-state index contributed by atoms with van der Waals surface area (Å²) < 4.78 is 5.49. The molecule has 2 atom stereocenters. The van der Waals surface area contributed by atoms with E-state index in [0.717, 1.165) is 51.4 Å². The molecule has 0 aliphatic carbocycles. The number of aliphatic hydroxyl groups excluding tert-OH is 2. The normalized spacial score (nSPS) is 12.8. The van der Waals surface area contributed by atoms with Crippen LogP contribution >= 0.6 is 0 Å². The fourth-order valence-electron chi connectivity index (χ4n) is 9.08. The maximum atomic E-state index is 12.4. The van der Waals surface area contributed by atoms with E-state index in [2.05, 4.69) is 55.6 Å². The minimum Gasteiger partial charge on any atom is -0.466 e. The van der Waals surface area contributed by atoms with Gasteiger partial charge in [0.1, 0.15) is 0 Å². The summed E-state index contributed by atoms with van der Waals surface area (Å²) in [7, 11) is 0. The molecule has 3 N–H and O–H groups in total. The van der Waals surface area contributed by atoms with Gasteiger partial charge < -0.3 is 20.3 Å². The van der Waals surface area contributed by atoms with E-state index in [-0.39, 0.29) is 18.5 Å². The first-order valence-electron chi connectivity index (χ1n) is 29.7. The van der Waals surface area contributed by atoms with Crippen LogP contribution in [-0.4, -0.2) is 47.4 Å². The largest absolute Gasteiger partial charge is 0.466 e. The molecule has 0 aromatic carbocycles. The van der Waals surface area contributed by atoms with Crippen molar-refractivity contribution in [3.05, 3.63) is 36.5 Å². The first-order valence-corrected chi connectivity index (χ1v) is 29.7. The van der Waals surface area contributed by atoms with E-state index in [1.165, 1.54) is 231 Å². The van der Waals surface area contributed by atoms with Crippen molar-refractivity contribution in [2.45, 2.75) is 328 Å². The molecule has 0 rings (SSSR count). The third-order valence-electron chi connectivity index (χ3n) is 13.7. The lowest BCUT2D eigenvalue weighted by molar-refractivity contribution is -0.143. The highest BCUT2D eigenvalue weighted by atomic mass is 16.5. The van der Waals surface area contributed by atoms with Gasteiger partial charge in [-0.3, -0.25) is 9.59 Å². The molecule has 0 bridgehead atoms. The summed E-state index contributed by atoms with van der Waals surface area (Å²) in [6, 6.07) is -0.547. The zero-order valence-electron chi connectivity index (χ0n) is 44.9. The van der Waals surface area contributed by atoms with Crippen LogP contribution in [0, 0.1) is 0 Å². The predicted octanol–water partition coefficient (Wildman–Crippen LogP) is 18.4. The summed E-state index contributed by atoms with van der Waals surface area (Å²) in [6.45, 7) is 4.91. The van der Waals surface area contributed by atoms with E-state index in [4.69, 9.17) is 4.74 Å².